The Hall–Kier alpha value is -2.41. The van der Waals surface area contributed by atoms with Crippen LogP contribution >= 0.6 is 11.8 Å². The Bertz CT molecular complexity index is 864. The quantitative estimate of drug-likeness (QED) is 0.696. The van der Waals surface area contributed by atoms with Crippen LogP contribution in [0, 0.1) is 11.6 Å². The molecule has 1 amide bonds. The van der Waals surface area contributed by atoms with E-state index in [1.807, 2.05) is 30.5 Å². The number of nitrogens with zero attached hydrogens (tertiary/aromatic N) is 1. The monoisotopic (exact) mass is 361 g/mol. The first-order valence-electron chi connectivity index (χ1n) is 7.78. The molecule has 1 aromatic heterocycles. The maximum Gasteiger partial charge on any atom is 0.251 e. The summed E-state index contributed by atoms with van der Waals surface area (Å²) in [6.07, 6.45) is 2.64. The van der Waals surface area contributed by atoms with Gasteiger partial charge in [0.2, 0.25) is 0 Å². The fourth-order valence-corrected chi connectivity index (χ4v) is 3.00. The molecule has 0 spiro atoms. The van der Waals surface area contributed by atoms with Crippen LogP contribution in [0.3, 0.4) is 0 Å². The van der Waals surface area contributed by atoms with Crippen molar-refractivity contribution >= 4 is 28.7 Å². The molecular weight excluding hydrogens is 344 g/mol. The molecule has 0 aliphatic carbocycles. The van der Waals surface area contributed by atoms with Crippen LogP contribution in [0.4, 0.5) is 8.78 Å². The zero-order valence-corrected chi connectivity index (χ0v) is 14.4. The third kappa shape index (κ3) is 3.99. The van der Waals surface area contributed by atoms with Crippen LogP contribution < -0.4 is 5.32 Å². The summed E-state index contributed by atoms with van der Waals surface area (Å²) < 4.78 is 26.4. The summed E-state index contributed by atoms with van der Waals surface area (Å²) in [5.41, 5.74) is 1.77. The third-order valence-corrected chi connectivity index (χ3v) is 4.48. The normalized spacial score (nSPS) is 12.3. The summed E-state index contributed by atoms with van der Waals surface area (Å²) >= 11 is 1.66. The molecule has 0 radical (unpaired) electrons. The Balaban J connectivity index is 1.84. The molecule has 130 valence electrons. The number of carbonyl (C=O) groups is 1. The van der Waals surface area contributed by atoms with Gasteiger partial charge < -0.3 is 10.3 Å². The minimum Gasteiger partial charge on any atom is -0.342 e. The minimum atomic E-state index is -1.04. The van der Waals surface area contributed by atoms with Crippen LogP contribution in [-0.2, 0) is 0 Å². The van der Waals surface area contributed by atoms with Crippen molar-refractivity contribution in [3.8, 4) is 0 Å². The summed E-state index contributed by atoms with van der Waals surface area (Å²) in [6, 6.07) is 10.4. The Morgan fingerprint density at radius 3 is 2.76 bits per heavy atom. The molecule has 0 bridgehead atoms. The minimum absolute atomic E-state index is 0.0733. The standard InChI is InChI=1S/C18H17F2N3OS/c1-25-9-8-16(17-21-14-4-2-3-5-15(14)22-17)23-18(24)11-6-7-12(19)13(20)10-11/h2-7,10,16H,8-9H2,1H3,(H,21,22)(H,23,24). The van der Waals surface area contributed by atoms with Crippen molar-refractivity contribution in [3.63, 3.8) is 0 Å². The lowest BCUT2D eigenvalue weighted by atomic mass is 10.1. The number of fused-ring (bicyclic) bond motifs is 1. The number of amides is 1. The van der Waals surface area contributed by atoms with Crippen LogP contribution in [-0.4, -0.2) is 27.9 Å². The Kier molecular flexibility index (Phi) is 5.33. The van der Waals surface area contributed by atoms with E-state index in [4.69, 9.17) is 0 Å². The van der Waals surface area contributed by atoms with Crippen LogP contribution in [0.15, 0.2) is 42.5 Å². The van der Waals surface area contributed by atoms with E-state index in [0.717, 1.165) is 28.9 Å². The Morgan fingerprint density at radius 1 is 1.24 bits per heavy atom. The van der Waals surface area contributed by atoms with E-state index >= 15 is 0 Å². The number of aromatic amines is 1. The van der Waals surface area contributed by atoms with Crippen LogP contribution in [0.5, 0.6) is 0 Å². The molecule has 1 heterocycles. The van der Waals surface area contributed by atoms with E-state index in [1.54, 1.807) is 11.8 Å². The van der Waals surface area contributed by atoms with Gasteiger partial charge in [-0.3, -0.25) is 4.79 Å². The van der Waals surface area contributed by atoms with E-state index in [1.165, 1.54) is 6.07 Å². The lowest BCUT2D eigenvalue weighted by Gasteiger charge is -2.16. The smallest absolute Gasteiger partial charge is 0.251 e. The highest BCUT2D eigenvalue weighted by molar-refractivity contribution is 7.98. The average Bonchev–Trinajstić information content (AvgIpc) is 3.04. The molecule has 0 saturated heterocycles. The van der Waals surface area contributed by atoms with Gasteiger partial charge in [-0.05, 0) is 48.8 Å². The Labute approximate surface area is 148 Å². The lowest BCUT2D eigenvalue weighted by Crippen LogP contribution is -2.30. The fraction of sp³-hybridized carbons (Fsp3) is 0.222. The van der Waals surface area contributed by atoms with Crippen molar-refractivity contribution in [2.75, 3.05) is 12.0 Å². The Morgan fingerprint density at radius 2 is 2.04 bits per heavy atom. The number of carbonyl (C=O) groups excluding carboxylic acids is 1. The molecule has 7 heteroatoms. The SMILES string of the molecule is CSCCC(NC(=O)c1ccc(F)c(F)c1)c1nc2ccccc2[nH]1. The van der Waals surface area contributed by atoms with Crippen molar-refractivity contribution in [1.29, 1.82) is 0 Å². The second-order valence-corrected chi connectivity index (χ2v) is 6.56. The number of para-hydroxylation sites is 2. The number of halogens is 2. The van der Waals surface area contributed by atoms with Gasteiger partial charge in [0.1, 0.15) is 5.82 Å². The number of hydrogen-bond donors (Lipinski definition) is 2. The number of nitrogens with one attached hydrogen (secondary N) is 2. The van der Waals surface area contributed by atoms with Crippen molar-refractivity contribution in [1.82, 2.24) is 15.3 Å². The molecule has 4 nitrogen and oxygen atoms in total. The van der Waals surface area contributed by atoms with Crippen molar-refractivity contribution < 1.29 is 13.6 Å². The van der Waals surface area contributed by atoms with Gasteiger partial charge in [-0.1, -0.05) is 12.1 Å². The molecule has 3 aromatic rings. The summed E-state index contributed by atoms with van der Waals surface area (Å²) in [5.74, 6) is -1.03. The van der Waals surface area contributed by atoms with Gasteiger partial charge in [-0.2, -0.15) is 11.8 Å². The van der Waals surface area contributed by atoms with Gasteiger partial charge in [0.05, 0.1) is 17.1 Å². The molecule has 2 aromatic carbocycles. The average molecular weight is 361 g/mol. The highest BCUT2D eigenvalue weighted by Gasteiger charge is 2.19. The molecule has 2 N–H and O–H groups in total. The second-order valence-electron chi connectivity index (χ2n) is 5.58. The topological polar surface area (TPSA) is 57.8 Å². The van der Waals surface area contributed by atoms with E-state index in [0.29, 0.717) is 12.2 Å². The van der Waals surface area contributed by atoms with Gasteiger partial charge in [0.25, 0.3) is 5.91 Å². The molecule has 0 saturated carbocycles. The summed E-state index contributed by atoms with van der Waals surface area (Å²) in [6.45, 7) is 0. The highest BCUT2D eigenvalue weighted by atomic mass is 32.2. The molecule has 25 heavy (non-hydrogen) atoms. The van der Waals surface area contributed by atoms with E-state index in [2.05, 4.69) is 15.3 Å². The fourth-order valence-electron chi connectivity index (χ4n) is 2.53. The molecule has 1 unspecified atom stereocenters. The van der Waals surface area contributed by atoms with E-state index in [-0.39, 0.29) is 11.6 Å². The number of aromatic nitrogens is 2. The molecular formula is C18H17F2N3OS. The number of hydrogen-bond acceptors (Lipinski definition) is 3. The maximum absolute atomic E-state index is 13.4. The predicted octanol–water partition coefficient (Wildman–Crippen LogP) is 4.07. The highest BCUT2D eigenvalue weighted by Crippen LogP contribution is 2.21. The van der Waals surface area contributed by atoms with E-state index < -0.39 is 17.5 Å². The second kappa shape index (κ2) is 7.65. The van der Waals surface area contributed by atoms with E-state index in [9.17, 15) is 13.6 Å². The number of H-pyrrole nitrogens is 1. The van der Waals surface area contributed by atoms with Gasteiger partial charge in [0, 0.05) is 5.56 Å². The largest absolute Gasteiger partial charge is 0.342 e. The summed E-state index contributed by atoms with van der Waals surface area (Å²) in [7, 11) is 0. The van der Waals surface area contributed by atoms with Crippen LogP contribution in [0.2, 0.25) is 0 Å². The molecule has 1 atom stereocenters. The lowest BCUT2D eigenvalue weighted by molar-refractivity contribution is 0.0933. The summed E-state index contributed by atoms with van der Waals surface area (Å²) in [5, 5.41) is 2.86. The number of rotatable bonds is 6. The number of thioether (sulfide) groups is 1. The first-order valence-corrected chi connectivity index (χ1v) is 9.17. The summed E-state index contributed by atoms with van der Waals surface area (Å²) in [4.78, 5) is 20.2. The predicted molar refractivity (Wildman–Crippen MR) is 95.7 cm³/mol. The van der Waals surface area contributed by atoms with Gasteiger partial charge in [-0.15, -0.1) is 0 Å². The molecule has 3 rings (SSSR count). The number of benzene rings is 2. The van der Waals surface area contributed by atoms with Gasteiger partial charge in [-0.25, -0.2) is 13.8 Å². The van der Waals surface area contributed by atoms with Crippen molar-refractivity contribution in [3.05, 3.63) is 65.5 Å². The van der Waals surface area contributed by atoms with Crippen molar-refractivity contribution in [2.24, 2.45) is 0 Å². The van der Waals surface area contributed by atoms with Gasteiger partial charge >= 0.3 is 0 Å². The molecule has 0 aliphatic rings. The third-order valence-electron chi connectivity index (χ3n) is 3.84. The zero-order chi connectivity index (χ0) is 17.8. The zero-order valence-electron chi connectivity index (χ0n) is 13.6. The van der Waals surface area contributed by atoms with Crippen LogP contribution in [0.25, 0.3) is 11.0 Å². The first kappa shape index (κ1) is 17.4. The maximum atomic E-state index is 13.4. The van der Waals surface area contributed by atoms with Crippen LogP contribution in [0.1, 0.15) is 28.6 Å². The van der Waals surface area contributed by atoms with Crippen molar-refractivity contribution in [2.45, 2.75) is 12.5 Å². The van der Waals surface area contributed by atoms with Gasteiger partial charge in [0.15, 0.2) is 11.6 Å². The number of imidazole rings is 1. The first-order chi connectivity index (χ1) is 12.1. The molecule has 0 fully saturated rings. The molecule has 0 aliphatic heterocycles.